The fourth-order valence-corrected chi connectivity index (χ4v) is 3.32. The minimum absolute atomic E-state index is 0.0858. The third-order valence-corrected chi connectivity index (χ3v) is 4.96. The summed E-state index contributed by atoms with van der Waals surface area (Å²) in [5.41, 5.74) is 2.96. The zero-order valence-corrected chi connectivity index (χ0v) is 16.6. The Morgan fingerprint density at radius 2 is 1.81 bits per heavy atom. The first kappa shape index (κ1) is 19.8. The van der Waals surface area contributed by atoms with Gasteiger partial charge in [0.1, 0.15) is 5.82 Å². The van der Waals surface area contributed by atoms with Gasteiger partial charge in [0, 0.05) is 0 Å². The number of para-hydroxylation sites is 1. The van der Waals surface area contributed by atoms with E-state index in [1.165, 1.54) is 16.7 Å². The second kappa shape index (κ2) is 8.09. The molecule has 0 aliphatic carbocycles. The molecule has 1 heterocycles. The summed E-state index contributed by atoms with van der Waals surface area (Å²) in [7, 11) is 0. The SMILES string of the molecule is Cc1ccc(C(=O)O)cc1-n1c(/C=C/c2ccc(C#N)cc2)nc2ccccc2c1=O. The van der Waals surface area contributed by atoms with E-state index in [0.717, 1.165) is 11.1 Å². The molecule has 6 nitrogen and oxygen atoms in total. The summed E-state index contributed by atoms with van der Waals surface area (Å²) < 4.78 is 1.43. The first-order valence-electron chi connectivity index (χ1n) is 9.52. The van der Waals surface area contributed by atoms with Crippen molar-refractivity contribution in [2.45, 2.75) is 6.92 Å². The smallest absolute Gasteiger partial charge is 0.335 e. The fourth-order valence-electron chi connectivity index (χ4n) is 3.32. The van der Waals surface area contributed by atoms with Crippen LogP contribution in [-0.4, -0.2) is 20.6 Å². The average Bonchev–Trinajstić information content (AvgIpc) is 2.79. The summed E-state index contributed by atoms with van der Waals surface area (Å²) in [4.78, 5) is 29.5. The lowest BCUT2D eigenvalue weighted by atomic mass is 10.1. The van der Waals surface area contributed by atoms with Crippen LogP contribution in [0, 0.1) is 18.3 Å². The second-order valence-electron chi connectivity index (χ2n) is 7.00. The number of nitriles is 1. The van der Waals surface area contributed by atoms with E-state index in [4.69, 9.17) is 5.26 Å². The molecule has 0 saturated heterocycles. The highest BCUT2D eigenvalue weighted by Gasteiger charge is 2.15. The van der Waals surface area contributed by atoms with Crippen LogP contribution < -0.4 is 5.56 Å². The minimum Gasteiger partial charge on any atom is -0.478 e. The Balaban J connectivity index is 1.95. The molecule has 4 aromatic rings. The maximum atomic E-state index is 13.4. The number of carbonyl (C=O) groups is 1. The molecule has 0 aliphatic heterocycles. The molecule has 1 N–H and O–H groups in total. The summed E-state index contributed by atoms with van der Waals surface area (Å²) in [5, 5.41) is 18.8. The molecule has 0 fully saturated rings. The van der Waals surface area contributed by atoms with E-state index in [1.54, 1.807) is 60.7 Å². The van der Waals surface area contributed by atoms with Crippen molar-refractivity contribution in [2.24, 2.45) is 0 Å². The molecule has 0 aliphatic rings. The quantitative estimate of drug-likeness (QED) is 0.540. The first-order valence-corrected chi connectivity index (χ1v) is 9.52. The van der Waals surface area contributed by atoms with Gasteiger partial charge in [-0.2, -0.15) is 5.26 Å². The Kier molecular flexibility index (Phi) is 5.17. The van der Waals surface area contributed by atoms with Crippen LogP contribution in [0.3, 0.4) is 0 Å². The summed E-state index contributed by atoms with van der Waals surface area (Å²) >= 11 is 0. The number of hydrogen-bond acceptors (Lipinski definition) is 4. The molecule has 0 radical (unpaired) electrons. The zero-order chi connectivity index (χ0) is 22.0. The minimum atomic E-state index is -1.07. The number of rotatable bonds is 4. The molecule has 0 unspecified atom stereocenters. The van der Waals surface area contributed by atoms with Crippen LogP contribution >= 0.6 is 0 Å². The Morgan fingerprint density at radius 1 is 1.06 bits per heavy atom. The second-order valence-corrected chi connectivity index (χ2v) is 7.00. The van der Waals surface area contributed by atoms with Gasteiger partial charge in [-0.3, -0.25) is 9.36 Å². The third-order valence-electron chi connectivity index (χ3n) is 4.96. The third kappa shape index (κ3) is 3.85. The van der Waals surface area contributed by atoms with Crippen molar-refractivity contribution in [3.63, 3.8) is 0 Å². The highest BCUT2D eigenvalue weighted by molar-refractivity contribution is 5.89. The average molecular weight is 407 g/mol. The highest BCUT2D eigenvalue weighted by Crippen LogP contribution is 2.20. The summed E-state index contributed by atoms with van der Waals surface area (Å²) in [6.45, 7) is 1.82. The van der Waals surface area contributed by atoms with Crippen LogP contribution in [-0.2, 0) is 0 Å². The number of aromatic carboxylic acids is 1. The van der Waals surface area contributed by atoms with E-state index < -0.39 is 5.97 Å². The van der Waals surface area contributed by atoms with Crippen LogP contribution in [0.4, 0.5) is 0 Å². The topological polar surface area (TPSA) is 96.0 Å². The summed E-state index contributed by atoms with van der Waals surface area (Å²) in [6, 6.07) is 20.8. The first-order chi connectivity index (χ1) is 15.0. The van der Waals surface area contributed by atoms with Crippen LogP contribution in [0.25, 0.3) is 28.7 Å². The number of hydrogen-bond donors (Lipinski definition) is 1. The molecular formula is C25H17N3O3. The molecule has 1 aromatic heterocycles. The summed E-state index contributed by atoms with van der Waals surface area (Å²) in [6.07, 6.45) is 3.51. The Bertz CT molecular complexity index is 1440. The van der Waals surface area contributed by atoms with Crippen molar-refractivity contribution >= 4 is 29.0 Å². The Hall–Kier alpha value is -4.50. The van der Waals surface area contributed by atoms with E-state index in [9.17, 15) is 14.7 Å². The van der Waals surface area contributed by atoms with Gasteiger partial charge in [0.05, 0.1) is 33.8 Å². The van der Waals surface area contributed by atoms with Gasteiger partial charge in [-0.1, -0.05) is 36.4 Å². The van der Waals surface area contributed by atoms with Gasteiger partial charge in [0.2, 0.25) is 0 Å². The Morgan fingerprint density at radius 3 is 2.52 bits per heavy atom. The van der Waals surface area contributed by atoms with Crippen molar-refractivity contribution < 1.29 is 9.90 Å². The van der Waals surface area contributed by atoms with Crippen LogP contribution in [0.15, 0.2) is 71.5 Å². The van der Waals surface area contributed by atoms with Crippen LogP contribution in [0.1, 0.15) is 32.9 Å². The van der Waals surface area contributed by atoms with Gasteiger partial charge in [0.15, 0.2) is 0 Å². The van der Waals surface area contributed by atoms with Gasteiger partial charge in [0.25, 0.3) is 5.56 Å². The number of fused-ring (bicyclic) bond motifs is 1. The molecule has 0 atom stereocenters. The van der Waals surface area contributed by atoms with Gasteiger partial charge < -0.3 is 5.11 Å². The van der Waals surface area contributed by atoms with Crippen molar-refractivity contribution in [1.82, 2.24) is 9.55 Å². The molecule has 31 heavy (non-hydrogen) atoms. The standard InChI is InChI=1S/C25H17N3O3/c1-16-6-12-19(25(30)31)14-22(16)28-23(13-11-17-7-9-18(15-26)10-8-17)27-21-5-3-2-4-20(21)24(28)29/h2-14H,1H3,(H,30,31)/b13-11+. The van der Waals surface area contributed by atoms with Gasteiger partial charge in [-0.15, -0.1) is 0 Å². The monoisotopic (exact) mass is 407 g/mol. The van der Waals surface area contributed by atoms with Crippen molar-refractivity contribution in [1.29, 1.82) is 5.26 Å². The molecule has 0 saturated carbocycles. The van der Waals surface area contributed by atoms with E-state index in [1.807, 2.05) is 13.0 Å². The molecule has 0 bridgehead atoms. The molecule has 150 valence electrons. The number of carboxylic acid groups (broad SMARTS) is 1. The number of nitrogens with zero attached hydrogens (tertiary/aromatic N) is 3. The van der Waals surface area contributed by atoms with E-state index in [0.29, 0.717) is 28.0 Å². The predicted molar refractivity (Wildman–Crippen MR) is 119 cm³/mol. The molecule has 3 aromatic carbocycles. The molecule has 4 rings (SSSR count). The van der Waals surface area contributed by atoms with Gasteiger partial charge in [-0.25, -0.2) is 9.78 Å². The number of carboxylic acids is 1. The normalized spacial score (nSPS) is 11.0. The lowest BCUT2D eigenvalue weighted by Gasteiger charge is -2.14. The summed E-state index contributed by atoms with van der Waals surface area (Å²) in [5.74, 6) is -0.698. The van der Waals surface area contributed by atoms with Gasteiger partial charge >= 0.3 is 5.97 Å². The van der Waals surface area contributed by atoms with Crippen molar-refractivity contribution in [3.05, 3.63) is 105 Å². The highest BCUT2D eigenvalue weighted by atomic mass is 16.4. The number of aryl methyl sites for hydroxylation is 1. The van der Waals surface area contributed by atoms with Crippen LogP contribution in [0.5, 0.6) is 0 Å². The fraction of sp³-hybridized carbons (Fsp3) is 0.0400. The number of aromatic nitrogens is 2. The predicted octanol–water partition coefficient (Wildman–Crippen LogP) is 4.43. The van der Waals surface area contributed by atoms with E-state index in [-0.39, 0.29) is 11.1 Å². The van der Waals surface area contributed by atoms with Crippen molar-refractivity contribution in [3.8, 4) is 11.8 Å². The lowest BCUT2D eigenvalue weighted by molar-refractivity contribution is 0.0697. The van der Waals surface area contributed by atoms with Gasteiger partial charge in [-0.05, 0) is 60.5 Å². The maximum absolute atomic E-state index is 13.4. The maximum Gasteiger partial charge on any atom is 0.335 e. The van der Waals surface area contributed by atoms with E-state index in [2.05, 4.69) is 11.1 Å². The number of benzene rings is 3. The van der Waals surface area contributed by atoms with Crippen LogP contribution in [0.2, 0.25) is 0 Å². The van der Waals surface area contributed by atoms with E-state index >= 15 is 0 Å². The zero-order valence-electron chi connectivity index (χ0n) is 16.6. The molecule has 0 amide bonds. The molecule has 0 spiro atoms. The Labute approximate surface area is 178 Å². The lowest BCUT2D eigenvalue weighted by Crippen LogP contribution is -2.23. The molecule has 6 heteroatoms. The molecular weight excluding hydrogens is 390 g/mol. The largest absolute Gasteiger partial charge is 0.478 e. The van der Waals surface area contributed by atoms with Crippen molar-refractivity contribution in [2.75, 3.05) is 0 Å².